The summed E-state index contributed by atoms with van der Waals surface area (Å²) >= 11 is 5.77. The molecule has 0 radical (unpaired) electrons. The van der Waals surface area contributed by atoms with E-state index in [4.69, 9.17) is 11.6 Å². The molecule has 0 fully saturated rings. The minimum atomic E-state index is -4.85. The van der Waals surface area contributed by atoms with Crippen molar-refractivity contribution in [2.45, 2.75) is 19.5 Å². The number of nitrogens with one attached hydrogen (secondary N) is 2. The Morgan fingerprint density at radius 3 is 2.27 bits per heavy atom. The van der Waals surface area contributed by atoms with E-state index in [2.05, 4.69) is 10.5 Å². The number of hydrogen-bond acceptors (Lipinski definition) is 3. The monoisotopic (exact) mass is 436 g/mol. The van der Waals surface area contributed by atoms with Crippen LogP contribution in [0.25, 0.3) is 5.69 Å². The summed E-state index contributed by atoms with van der Waals surface area (Å²) < 4.78 is 41.6. The third kappa shape index (κ3) is 4.98. The number of hydrogen-bond donors (Lipinski definition) is 2. The van der Waals surface area contributed by atoms with Gasteiger partial charge in [0.2, 0.25) is 5.91 Å². The fourth-order valence-electron chi connectivity index (χ4n) is 2.69. The Hall–Kier alpha value is -3.33. The molecule has 156 valence electrons. The van der Waals surface area contributed by atoms with Crippen molar-refractivity contribution in [2.24, 2.45) is 0 Å². The second-order valence-corrected chi connectivity index (χ2v) is 6.89. The zero-order valence-corrected chi connectivity index (χ0v) is 16.4. The number of nitrogens with zero attached hydrogens (tertiary/aromatic N) is 2. The van der Waals surface area contributed by atoms with Crippen LogP contribution in [0.3, 0.4) is 0 Å². The van der Waals surface area contributed by atoms with Crippen molar-refractivity contribution in [3.63, 3.8) is 0 Å². The molecular formula is C20H16ClF3N4O2. The van der Waals surface area contributed by atoms with E-state index in [1.165, 1.54) is 12.1 Å². The molecular weight excluding hydrogens is 421 g/mol. The van der Waals surface area contributed by atoms with Crippen molar-refractivity contribution in [1.29, 1.82) is 0 Å². The maximum Gasteiger partial charge on any atom is 0.434 e. The first kappa shape index (κ1) is 21.4. The van der Waals surface area contributed by atoms with Gasteiger partial charge in [-0.25, -0.2) is 4.68 Å². The molecule has 1 aromatic heterocycles. The van der Waals surface area contributed by atoms with Crippen molar-refractivity contribution in [3.05, 3.63) is 82.1 Å². The van der Waals surface area contributed by atoms with Gasteiger partial charge in [-0.2, -0.15) is 18.3 Å². The molecule has 2 aromatic carbocycles. The largest absolute Gasteiger partial charge is 0.434 e. The highest BCUT2D eigenvalue weighted by molar-refractivity contribution is 6.30. The molecule has 0 aliphatic heterocycles. The molecule has 2 N–H and O–H groups in total. The van der Waals surface area contributed by atoms with E-state index in [0.717, 1.165) is 11.8 Å². The molecule has 0 bridgehead atoms. The van der Waals surface area contributed by atoms with E-state index in [1.807, 2.05) is 5.43 Å². The van der Waals surface area contributed by atoms with E-state index in [1.54, 1.807) is 43.3 Å². The zero-order chi connectivity index (χ0) is 21.9. The van der Waals surface area contributed by atoms with Gasteiger partial charge in [0.1, 0.15) is 0 Å². The van der Waals surface area contributed by atoms with Gasteiger partial charge in [-0.05, 0) is 36.8 Å². The number of carbonyl (C=O) groups is 2. The number of aryl methyl sites for hydroxylation is 1. The molecule has 0 saturated carbocycles. The summed E-state index contributed by atoms with van der Waals surface area (Å²) in [5.74, 6) is -1.74. The molecule has 1 heterocycles. The highest BCUT2D eigenvalue weighted by Gasteiger charge is 2.40. The normalized spacial score (nSPS) is 11.2. The lowest BCUT2D eigenvalue weighted by Gasteiger charge is -2.13. The number of rotatable bonds is 4. The topological polar surface area (TPSA) is 76.0 Å². The average Bonchev–Trinajstić information content (AvgIpc) is 3.14. The third-order valence-corrected chi connectivity index (χ3v) is 4.41. The van der Waals surface area contributed by atoms with Gasteiger partial charge in [-0.15, -0.1) is 0 Å². The van der Waals surface area contributed by atoms with Crippen molar-refractivity contribution in [2.75, 3.05) is 0 Å². The van der Waals surface area contributed by atoms with Gasteiger partial charge in [-0.3, -0.25) is 20.4 Å². The van der Waals surface area contributed by atoms with E-state index >= 15 is 0 Å². The van der Waals surface area contributed by atoms with Gasteiger partial charge in [0.25, 0.3) is 5.91 Å². The van der Waals surface area contributed by atoms with Crippen molar-refractivity contribution >= 4 is 23.4 Å². The van der Waals surface area contributed by atoms with Crippen LogP contribution < -0.4 is 10.9 Å². The Morgan fingerprint density at radius 1 is 1.03 bits per heavy atom. The lowest BCUT2D eigenvalue weighted by atomic mass is 10.1. The van der Waals surface area contributed by atoms with Crippen molar-refractivity contribution in [1.82, 2.24) is 20.6 Å². The van der Waals surface area contributed by atoms with Crippen LogP contribution in [0.15, 0.2) is 54.7 Å². The van der Waals surface area contributed by atoms with Crippen LogP contribution in [0, 0.1) is 6.92 Å². The maximum atomic E-state index is 13.6. The lowest BCUT2D eigenvalue weighted by Crippen LogP contribution is -2.42. The van der Waals surface area contributed by atoms with Gasteiger partial charge in [0.05, 0.1) is 23.9 Å². The minimum absolute atomic E-state index is 0.0911. The maximum absolute atomic E-state index is 13.6. The Labute approximate surface area is 174 Å². The first-order valence-electron chi connectivity index (χ1n) is 8.71. The number of alkyl halides is 3. The SMILES string of the molecule is Cc1ccc(-n2ncc(C(=O)NNC(=O)Cc3ccc(Cl)cc3)c2C(F)(F)F)cc1. The molecule has 3 aromatic rings. The number of benzene rings is 2. The average molecular weight is 437 g/mol. The molecule has 3 rings (SSSR count). The van der Waals surface area contributed by atoms with Gasteiger partial charge in [0.15, 0.2) is 5.69 Å². The second-order valence-electron chi connectivity index (χ2n) is 6.46. The molecule has 0 atom stereocenters. The predicted molar refractivity (Wildman–Crippen MR) is 104 cm³/mol. The summed E-state index contributed by atoms with van der Waals surface area (Å²) in [6.07, 6.45) is -4.13. The van der Waals surface area contributed by atoms with Crippen LogP contribution in [0.5, 0.6) is 0 Å². The Bertz CT molecular complexity index is 1060. The highest BCUT2D eigenvalue weighted by atomic mass is 35.5. The summed E-state index contributed by atoms with van der Waals surface area (Å²) in [5.41, 5.74) is 3.78. The fourth-order valence-corrected chi connectivity index (χ4v) is 2.82. The first-order chi connectivity index (χ1) is 14.1. The standard InChI is InChI=1S/C20H16ClF3N4O2/c1-12-2-8-15(9-3-12)28-18(20(22,23)24)16(11-25-28)19(30)27-26-17(29)10-13-4-6-14(21)7-5-13/h2-9,11H,10H2,1H3,(H,26,29)(H,27,30). The van der Waals surface area contributed by atoms with Crippen molar-refractivity contribution in [3.8, 4) is 5.69 Å². The molecule has 2 amide bonds. The number of hydrazine groups is 1. The quantitative estimate of drug-likeness (QED) is 0.610. The van der Waals surface area contributed by atoms with Crippen LogP contribution in [-0.2, 0) is 17.4 Å². The predicted octanol–water partition coefficient (Wildman–Crippen LogP) is 3.86. The summed E-state index contributed by atoms with van der Waals surface area (Å²) in [4.78, 5) is 24.3. The molecule has 0 saturated heterocycles. The van der Waals surface area contributed by atoms with Crippen LogP contribution in [0.2, 0.25) is 5.02 Å². The molecule has 0 aliphatic rings. The second kappa shape index (κ2) is 8.58. The van der Waals surface area contributed by atoms with E-state index in [9.17, 15) is 22.8 Å². The van der Waals surface area contributed by atoms with Crippen LogP contribution in [0.1, 0.15) is 27.2 Å². The van der Waals surface area contributed by atoms with Gasteiger partial charge in [0, 0.05) is 5.02 Å². The van der Waals surface area contributed by atoms with Crippen LogP contribution in [0.4, 0.5) is 13.2 Å². The lowest BCUT2D eigenvalue weighted by molar-refractivity contribution is -0.143. The zero-order valence-electron chi connectivity index (χ0n) is 15.6. The number of carbonyl (C=O) groups excluding carboxylic acids is 2. The molecule has 30 heavy (non-hydrogen) atoms. The Kier molecular flexibility index (Phi) is 6.12. The summed E-state index contributed by atoms with van der Waals surface area (Å²) in [6, 6.07) is 12.6. The van der Waals surface area contributed by atoms with Crippen LogP contribution in [-0.4, -0.2) is 21.6 Å². The fraction of sp³-hybridized carbons (Fsp3) is 0.150. The van der Waals surface area contributed by atoms with E-state index < -0.39 is 29.2 Å². The Balaban J connectivity index is 1.76. The Morgan fingerprint density at radius 2 is 1.67 bits per heavy atom. The summed E-state index contributed by atoms with van der Waals surface area (Å²) in [7, 11) is 0. The van der Waals surface area contributed by atoms with Gasteiger partial charge < -0.3 is 0 Å². The van der Waals surface area contributed by atoms with Gasteiger partial charge >= 0.3 is 6.18 Å². The van der Waals surface area contributed by atoms with Gasteiger partial charge in [-0.1, -0.05) is 41.4 Å². The molecule has 10 heteroatoms. The minimum Gasteiger partial charge on any atom is -0.273 e. The molecule has 0 unspecified atom stereocenters. The molecule has 6 nitrogen and oxygen atoms in total. The number of halogens is 4. The summed E-state index contributed by atoms with van der Waals surface area (Å²) in [6.45, 7) is 1.79. The smallest absolute Gasteiger partial charge is 0.273 e. The van der Waals surface area contributed by atoms with Crippen molar-refractivity contribution < 1.29 is 22.8 Å². The van der Waals surface area contributed by atoms with E-state index in [0.29, 0.717) is 15.3 Å². The number of aromatic nitrogens is 2. The molecule has 0 aliphatic carbocycles. The first-order valence-corrected chi connectivity index (χ1v) is 9.09. The third-order valence-electron chi connectivity index (χ3n) is 4.15. The molecule has 0 spiro atoms. The van der Waals surface area contributed by atoms with E-state index in [-0.39, 0.29) is 12.1 Å². The van der Waals surface area contributed by atoms with Crippen LogP contribution >= 0.6 is 11.6 Å². The highest BCUT2D eigenvalue weighted by Crippen LogP contribution is 2.33. The summed E-state index contributed by atoms with van der Waals surface area (Å²) in [5, 5.41) is 4.22. The number of amides is 2.